The van der Waals surface area contributed by atoms with Gasteiger partial charge in [-0.05, 0) is 23.4 Å². The molecule has 0 radical (unpaired) electrons. The molecule has 4 nitrogen and oxygen atoms in total. The lowest BCUT2D eigenvalue weighted by Gasteiger charge is -2.06. The zero-order valence-corrected chi connectivity index (χ0v) is 9.35. The Hall–Kier alpha value is -1.04. The van der Waals surface area contributed by atoms with Gasteiger partial charge in [0.1, 0.15) is 6.33 Å². The van der Waals surface area contributed by atoms with Crippen molar-refractivity contribution in [2.75, 3.05) is 0 Å². The first kappa shape index (κ1) is 10.5. The summed E-state index contributed by atoms with van der Waals surface area (Å²) in [5.41, 5.74) is 6.63. The minimum Gasteiger partial charge on any atom is -0.326 e. The van der Waals surface area contributed by atoms with Crippen molar-refractivity contribution in [1.29, 1.82) is 0 Å². The molecule has 0 aliphatic rings. The van der Waals surface area contributed by atoms with Crippen LogP contribution in [0.4, 0.5) is 0 Å². The van der Waals surface area contributed by atoms with Gasteiger partial charge in [0.05, 0.1) is 5.02 Å². The quantitative estimate of drug-likeness (QED) is 0.862. The van der Waals surface area contributed by atoms with Crippen molar-refractivity contribution in [3.05, 3.63) is 35.1 Å². The van der Waals surface area contributed by atoms with Crippen LogP contribution in [0.25, 0.3) is 0 Å². The van der Waals surface area contributed by atoms with E-state index >= 15 is 0 Å². The fraction of sp³-hybridized carbons (Fsp3) is 0.111. The van der Waals surface area contributed by atoms with E-state index in [0.717, 1.165) is 10.5 Å². The van der Waals surface area contributed by atoms with E-state index in [1.165, 1.54) is 18.1 Å². The molecule has 0 amide bonds. The van der Waals surface area contributed by atoms with Crippen LogP contribution in [0.5, 0.6) is 0 Å². The van der Waals surface area contributed by atoms with E-state index in [0.29, 0.717) is 16.7 Å². The second-order valence-electron chi connectivity index (χ2n) is 2.82. The molecule has 0 saturated heterocycles. The van der Waals surface area contributed by atoms with Gasteiger partial charge in [-0.25, -0.2) is 4.98 Å². The molecule has 1 heterocycles. The van der Waals surface area contributed by atoms with Crippen LogP contribution < -0.4 is 5.73 Å². The molecule has 6 heteroatoms. The van der Waals surface area contributed by atoms with Gasteiger partial charge in [0, 0.05) is 11.4 Å². The molecule has 0 saturated carbocycles. The molecule has 1 aromatic carbocycles. The Morgan fingerprint density at radius 3 is 3.00 bits per heavy atom. The van der Waals surface area contributed by atoms with Crippen molar-refractivity contribution < 1.29 is 0 Å². The minimum atomic E-state index is 0.455. The van der Waals surface area contributed by atoms with E-state index in [-0.39, 0.29) is 0 Å². The van der Waals surface area contributed by atoms with Gasteiger partial charge in [-0.3, -0.25) is 5.10 Å². The molecule has 0 unspecified atom stereocenters. The van der Waals surface area contributed by atoms with Crippen LogP contribution in [0.1, 0.15) is 5.56 Å². The Bertz CT molecular complexity index is 443. The average molecular weight is 241 g/mol. The summed E-state index contributed by atoms with van der Waals surface area (Å²) < 4.78 is 0. The maximum Gasteiger partial charge on any atom is 0.188 e. The summed E-state index contributed by atoms with van der Waals surface area (Å²) in [5, 5.41) is 7.93. The van der Waals surface area contributed by atoms with Gasteiger partial charge in [0.25, 0.3) is 0 Å². The maximum atomic E-state index is 6.09. The number of H-pyrrole nitrogens is 1. The SMILES string of the molecule is NCc1cccc(Cl)c1Sc1ncn[nH]1. The molecule has 0 bridgehead atoms. The third-order valence-electron chi connectivity index (χ3n) is 1.86. The molecule has 1 aromatic heterocycles. The molecule has 0 aliphatic heterocycles. The Balaban J connectivity index is 2.34. The second kappa shape index (κ2) is 4.65. The van der Waals surface area contributed by atoms with Crippen LogP contribution in [0.15, 0.2) is 34.6 Å². The zero-order valence-electron chi connectivity index (χ0n) is 7.77. The van der Waals surface area contributed by atoms with Crippen molar-refractivity contribution in [3.63, 3.8) is 0 Å². The van der Waals surface area contributed by atoms with Crippen molar-refractivity contribution in [1.82, 2.24) is 15.2 Å². The lowest BCUT2D eigenvalue weighted by atomic mass is 10.2. The van der Waals surface area contributed by atoms with Gasteiger partial charge in [0.2, 0.25) is 0 Å². The summed E-state index contributed by atoms with van der Waals surface area (Å²) in [4.78, 5) is 4.95. The molecule has 0 atom stereocenters. The summed E-state index contributed by atoms with van der Waals surface area (Å²) in [6, 6.07) is 5.67. The molecule has 0 fully saturated rings. The molecule has 2 aromatic rings. The molecule has 78 valence electrons. The Morgan fingerprint density at radius 2 is 2.33 bits per heavy atom. The van der Waals surface area contributed by atoms with Crippen molar-refractivity contribution in [2.45, 2.75) is 16.6 Å². The smallest absolute Gasteiger partial charge is 0.188 e. The average Bonchev–Trinajstić information content (AvgIpc) is 2.74. The number of nitrogens with two attached hydrogens (primary N) is 1. The number of nitrogens with zero attached hydrogens (tertiary/aromatic N) is 2. The summed E-state index contributed by atoms with van der Waals surface area (Å²) in [6.45, 7) is 0.455. The normalized spacial score (nSPS) is 10.5. The Labute approximate surface area is 96.2 Å². The lowest BCUT2D eigenvalue weighted by molar-refractivity contribution is 0.967. The summed E-state index contributed by atoms with van der Waals surface area (Å²) in [6.07, 6.45) is 1.46. The largest absolute Gasteiger partial charge is 0.326 e. The van der Waals surface area contributed by atoms with Crippen LogP contribution >= 0.6 is 23.4 Å². The first-order valence-corrected chi connectivity index (χ1v) is 5.51. The number of aromatic nitrogens is 3. The first-order valence-electron chi connectivity index (χ1n) is 4.32. The number of hydrogen-bond donors (Lipinski definition) is 2. The minimum absolute atomic E-state index is 0.455. The highest BCUT2D eigenvalue weighted by Crippen LogP contribution is 2.33. The fourth-order valence-electron chi connectivity index (χ4n) is 1.17. The number of hydrogen-bond acceptors (Lipinski definition) is 4. The van der Waals surface area contributed by atoms with Gasteiger partial charge in [-0.15, -0.1) is 0 Å². The second-order valence-corrected chi connectivity index (χ2v) is 4.23. The van der Waals surface area contributed by atoms with Gasteiger partial charge in [-0.2, -0.15) is 5.10 Å². The number of aromatic amines is 1. The first-order chi connectivity index (χ1) is 7.31. The van der Waals surface area contributed by atoms with Gasteiger partial charge < -0.3 is 5.73 Å². The molecule has 0 aliphatic carbocycles. The maximum absolute atomic E-state index is 6.09. The van der Waals surface area contributed by atoms with Gasteiger partial charge in [-0.1, -0.05) is 23.7 Å². The predicted molar refractivity (Wildman–Crippen MR) is 59.8 cm³/mol. The topological polar surface area (TPSA) is 67.6 Å². The highest BCUT2D eigenvalue weighted by molar-refractivity contribution is 7.99. The van der Waals surface area contributed by atoms with Crippen LogP contribution in [-0.2, 0) is 6.54 Å². The van der Waals surface area contributed by atoms with E-state index in [4.69, 9.17) is 17.3 Å². The van der Waals surface area contributed by atoms with Gasteiger partial charge >= 0.3 is 0 Å². The Morgan fingerprint density at radius 1 is 1.47 bits per heavy atom. The number of nitrogens with one attached hydrogen (secondary N) is 1. The molecule has 15 heavy (non-hydrogen) atoms. The highest BCUT2D eigenvalue weighted by Gasteiger charge is 2.09. The lowest BCUT2D eigenvalue weighted by Crippen LogP contribution is -1.98. The molecule has 0 spiro atoms. The van der Waals surface area contributed by atoms with Crippen molar-refractivity contribution >= 4 is 23.4 Å². The van der Waals surface area contributed by atoms with E-state index < -0.39 is 0 Å². The van der Waals surface area contributed by atoms with Crippen molar-refractivity contribution in [3.8, 4) is 0 Å². The number of benzene rings is 1. The van der Waals surface area contributed by atoms with E-state index in [9.17, 15) is 0 Å². The fourth-order valence-corrected chi connectivity index (χ4v) is 2.32. The third-order valence-corrected chi connectivity index (χ3v) is 3.36. The summed E-state index contributed by atoms with van der Waals surface area (Å²) in [7, 11) is 0. The standard InChI is InChI=1S/C9H9ClN4S/c10-7-3-1-2-6(4-11)8(7)15-9-12-5-13-14-9/h1-3,5H,4,11H2,(H,12,13,14). The molecule has 3 N–H and O–H groups in total. The summed E-state index contributed by atoms with van der Waals surface area (Å²) in [5.74, 6) is 0. The van der Waals surface area contributed by atoms with Crippen molar-refractivity contribution in [2.24, 2.45) is 5.73 Å². The van der Waals surface area contributed by atoms with E-state index in [2.05, 4.69) is 15.2 Å². The molecular formula is C9H9ClN4S. The summed E-state index contributed by atoms with van der Waals surface area (Å²) >= 11 is 7.52. The number of halogens is 1. The van der Waals surface area contributed by atoms with E-state index in [1.54, 1.807) is 0 Å². The number of rotatable bonds is 3. The third kappa shape index (κ3) is 2.31. The van der Waals surface area contributed by atoms with Crippen LogP contribution in [-0.4, -0.2) is 15.2 Å². The van der Waals surface area contributed by atoms with Crippen LogP contribution in [0.2, 0.25) is 5.02 Å². The van der Waals surface area contributed by atoms with Crippen LogP contribution in [0.3, 0.4) is 0 Å². The predicted octanol–water partition coefficient (Wildman–Crippen LogP) is 2.07. The van der Waals surface area contributed by atoms with Crippen LogP contribution in [0, 0.1) is 0 Å². The molecular weight excluding hydrogens is 232 g/mol. The zero-order chi connectivity index (χ0) is 10.7. The highest BCUT2D eigenvalue weighted by atomic mass is 35.5. The van der Waals surface area contributed by atoms with Gasteiger partial charge in [0.15, 0.2) is 5.16 Å². The Kier molecular flexibility index (Phi) is 3.25. The molecule has 2 rings (SSSR count). The van der Waals surface area contributed by atoms with E-state index in [1.807, 2.05) is 18.2 Å². The monoisotopic (exact) mass is 240 g/mol.